The molecule has 39 heavy (non-hydrogen) atoms. The van der Waals surface area contributed by atoms with Crippen LogP contribution in [-0.4, -0.2) is 67.1 Å². The van der Waals surface area contributed by atoms with E-state index in [2.05, 4.69) is 4.90 Å². The van der Waals surface area contributed by atoms with Gasteiger partial charge in [-0.05, 0) is 69.0 Å². The molecule has 0 unspecified atom stereocenters. The molecule has 0 N–H and O–H groups in total. The van der Waals surface area contributed by atoms with Gasteiger partial charge in [-0.3, -0.25) is 14.5 Å². The van der Waals surface area contributed by atoms with E-state index < -0.39 is 0 Å². The van der Waals surface area contributed by atoms with E-state index in [0.717, 1.165) is 67.1 Å². The Bertz CT molecular complexity index is 1330. The van der Waals surface area contributed by atoms with Gasteiger partial charge in [0.05, 0.1) is 25.7 Å². The highest BCUT2D eigenvalue weighted by Gasteiger charge is 2.67. The Balaban J connectivity index is 1.30. The molecule has 1 amide bonds. The van der Waals surface area contributed by atoms with Crippen molar-refractivity contribution in [2.75, 3.05) is 27.2 Å². The molecule has 2 saturated carbocycles. The summed E-state index contributed by atoms with van der Waals surface area (Å²) in [5, 5.41) is 0. The number of esters is 1. The number of carbonyl (C=O) groups excluding carboxylic acids is 2. The van der Waals surface area contributed by atoms with Gasteiger partial charge in [0.15, 0.2) is 11.5 Å². The minimum absolute atomic E-state index is 0.0538. The van der Waals surface area contributed by atoms with Crippen LogP contribution in [0.5, 0.6) is 17.2 Å². The van der Waals surface area contributed by atoms with E-state index in [4.69, 9.17) is 18.6 Å². The third-order valence-electron chi connectivity index (χ3n) is 9.94. The molecule has 7 rings (SSSR count). The number of benzene rings is 1. The summed E-state index contributed by atoms with van der Waals surface area (Å²) in [4.78, 5) is 30.1. The van der Waals surface area contributed by atoms with Gasteiger partial charge in [-0.1, -0.05) is 0 Å². The third kappa shape index (κ3) is 3.82. The summed E-state index contributed by atoms with van der Waals surface area (Å²) in [7, 11) is 3.52. The van der Waals surface area contributed by atoms with Crippen molar-refractivity contribution in [2.24, 2.45) is 11.8 Å². The van der Waals surface area contributed by atoms with Crippen LogP contribution < -0.4 is 14.2 Å². The van der Waals surface area contributed by atoms with Crippen LogP contribution in [0, 0.1) is 11.8 Å². The second-order valence-corrected chi connectivity index (χ2v) is 12.0. The summed E-state index contributed by atoms with van der Waals surface area (Å²) in [5.41, 5.74) is 2.85. The van der Waals surface area contributed by atoms with Crippen LogP contribution in [0.2, 0.25) is 0 Å². The van der Waals surface area contributed by atoms with Gasteiger partial charge in [-0.2, -0.15) is 0 Å². The lowest BCUT2D eigenvalue weighted by Crippen LogP contribution is -2.69. The summed E-state index contributed by atoms with van der Waals surface area (Å²) < 4.78 is 23.7. The van der Waals surface area contributed by atoms with Crippen LogP contribution in [0.15, 0.2) is 35.2 Å². The molecule has 1 saturated heterocycles. The van der Waals surface area contributed by atoms with Crippen LogP contribution in [0.3, 0.4) is 0 Å². The second kappa shape index (κ2) is 9.15. The van der Waals surface area contributed by atoms with Gasteiger partial charge in [-0.25, -0.2) is 0 Å². The molecule has 8 heteroatoms. The smallest absolute Gasteiger partial charge is 0.308 e. The molecule has 2 aliphatic heterocycles. The second-order valence-electron chi connectivity index (χ2n) is 12.0. The molecule has 5 aliphatic rings. The molecular formula is C31H36N2O6. The molecule has 1 aromatic carbocycles. The van der Waals surface area contributed by atoms with E-state index >= 15 is 0 Å². The maximum Gasteiger partial charge on any atom is 0.308 e. The highest BCUT2D eigenvalue weighted by molar-refractivity contribution is 5.92. The Morgan fingerprint density at radius 3 is 2.79 bits per heavy atom. The topological polar surface area (TPSA) is 81.5 Å². The van der Waals surface area contributed by atoms with Crippen molar-refractivity contribution in [1.82, 2.24) is 9.80 Å². The van der Waals surface area contributed by atoms with Gasteiger partial charge in [0.2, 0.25) is 5.91 Å². The standard InChI is InChI=1S/C31H36N2O6/c1-18(34)38-25-15-26(36-3)29-28-21(25)14-24-22-7-8-23(32(2)27(35)9-6-20-10-13-37-17-20)30(39-29)31(22,28)11-12-33(24)16-19-4-5-19/h6,9-10,13,15,17,19,22-24,30H,4-5,7-8,11-12,14,16H2,1-3H3/b9-6+/t22-,23-,24+,30-,31-/m0/s1. The number of piperidine rings is 1. The fourth-order valence-corrected chi connectivity index (χ4v) is 8.11. The molecule has 1 spiro atoms. The van der Waals surface area contributed by atoms with Crippen molar-refractivity contribution in [3.8, 4) is 17.2 Å². The summed E-state index contributed by atoms with van der Waals surface area (Å²) in [6.07, 6.45) is 12.8. The number of hydrogen-bond donors (Lipinski definition) is 0. The molecule has 3 fully saturated rings. The molecule has 1 aromatic heterocycles. The maximum absolute atomic E-state index is 13.4. The van der Waals surface area contributed by atoms with Crippen LogP contribution >= 0.6 is 0 Å². The molecule has 3 aliphatic carbocycles. The van der Waals surface area contributed by atoms with Crippen LogP contribution in [0.4, 0.5) is 0 Å². The van der Waals surface area contributed by atoms with Crippen LogP contribution in [0.1, 0.15) is 55.7 Å². The van der Waals surface area contributed by atoms with Crippen LogP contribution in [0.25, 0.3) is 6.08 Å². The quantitative estimate of drug-likeness (QED) is 0.300. The lowest BCUT2D eigenvalue weighted by Gasteiger charge is -2.60. The fraction of sp³-hybridized carbons (Fsp3) is 0.548. The molecule has 2 bridgehead atoms. The lowest BCUT2D eigenvalue weighted by molar-refractivity contribution is -0.135. The molecule has 2 aromatic rings. The highest BCUT2D eigenvalue weighted by atomic mass is 16.5. The number of methoxy groups -OCH3 is 1. The SMILES string of the molecule is COc1cc(OC(C)=O)c2c3c1O[C@H]1[C@@H](N(C)C(=O)/C=C/c4ccoc4)CC[C@H]4[C@@H](C2)N(CC2CC2)CC[C@@]341. The molecule has 206 valence electrons. The molecule has 5 atom stereocenters. The Morgan fingerprint density at radius 2 is 2.08 bits per heavy atom. The van der Waals surface area contributed by atoms with Crippen molar-refractivity contribution in [1.29, 1.82) is 0 Å². The van der Waals surface area contributed by atoms with E-state index in [-0.39, 0.29) is 29.4 Å². The van der Waals surface area contributed by atoms with Crippen molar-refractivity contribution < 1.29 is 28.2 Å². The van der Waals surface area contributed by atoms with Gasteiger partial charge in [0, 0.05) is 60.8 Å². The third-order valence-corrected chi connectivity index (χ3v) is 9.94. The molecule has 3 heterocycles. The van der Waals surface area contributed by atoms with Gasteiger partial charge in [0.1, 0.15) is 11.9 Å². The lowest BCUT2D eigenvalue weighted by atomic mass is 9.50. The van der Waals surface area contributed by atoms with Gasteiger partial charge >= 0.3 is 5.97 Å². The molecule has 0 radical (unpaired) electrons. The number of nitrogens with zero attached hydrogens (tertiary/aromatic N) is 2. The highest BCUT2D eigenvalue weighted by Crippen LogP contribution is 2.66. The summed E-state index contributed by atoms with van der Waals surface area (Å²) >= 11 is 0. The number of carbonyl (C=O) groups is 2. The molecule has 8 nitrogen and oxygen atoms in total. The first-order valence-electron chi connectivity index (χ1n) is 14.2. The zero-order chi connectivity index (χ0) is 26.9. The maximum atomic E-state index is 13.4. The Kier molecular flexibility index (Phi) is 5.81. The number of likely N-dealkylation sites (tertiary alicyclic amines) is 1. The van der Waals surface area contributed by atoms with Crippen molar-refractivity contribution in [2.45, 2.75) is 69.1 Å². The average molecular weight is 533 g/mol. The normalized spacial score (nSPS) is 30.5. The van der Waals surface area contributed by atoms with E-state index in [9.17, 15) is 9.59 Å². The van der Waals surface area contributed by atoms with Crippen molar-refractivity contribution in [3.05, 3.63) is 47.4 Å². The first-order valence-corrected chi connectivity index (χ1v) is 14.2. The first-order chi connectivity index (χ1) is 18.9. The average Bonchev–Trinajstić information content (AvgIpc) is 3.45. The minimum atomic E-state index is -0.334. The number of amides is 1. The molecular weight excluding hydrogens is 496 g/mol. The Hall–Kier alpha value is -3.26. The predicted molar refractivity (Wildman–Crippen MR) is 144 cm³/mol. The van der Waals surface area contributed by atoms with Crippen molar-refractivity contribution >= 4 is 18.0 Å². The summed E-state index contributed by atoms with van der Waals surface area (Å²) in [6, 6.07) is 3.94. The number of hydrogen-bond acceptors (Lipinski definition) is 7. The zero-order valence-corrected chi connectivity index (χ0v) is 22.9. The fourth-order valence-electron chi connectivity index (χ4n) is 8.11. The van der Waals surface area contributed by atoms with Crippen LogP contribution in [-0.2, 0) is 21.4 Å². The zero-order valence-electron chi connectivity index (χ0n) is 22.9. The van der Waals surface area contributed by atoms with E-state index in [1.54, 1.807) is 31.8 Å². The summed E-state index contributed by atoms with van der Waals surface area (Å²) in [5.74, 6) is 2.79. The van der Waals surface area contributed by atoms with Crippen molar-refractivity contribution in [3.63, 3.8) is 0 Å². The predicted octanol–water partition coefficient (Wildman–Crippen LogP) is 4.20. The largest absolute Gasteiger partial charge is 0.493 e. The Morgan fingerprint density at radius 1 is 1.23 bits per heavy atom. The van der Waals surface area contributed by atoms with Gasteiger partial charge in [0.25, 0.3) is 0 Å². The van der Waals surface area contributed by atoms with E-state index in [1.165, 1.54) is 19.8 Å². The number of likely N-dealkylation sites (N-methyl/N-ethyl adjacent to an activating group) is 1. The Labute approximate surface area is 228 Å². The summed E-state index contributed by atoms with van der Waals surface area (Å²) in [6.45, 7) is 3.61. The van der Waals surface area contributed by atoms with Gasteiger partial charge < -0.3 is 23.5 Å². The number of furan rings is 1. The first kappa shape index (κ1) is 24.8. The number of rotatable bonds is 7. The number of ether oxygens (including phenoxy) is 3. The van der Waals surface area contributed by atoms with Gasteiger partial charge in [-0.15, -0.1) is 0 Å². The van der Waals surface area contributed by atoms with E-state index in [0.29, 0.717) is 23.5 Å². The minimum Gasteiger partial charge on any atom is -0.493 e. The van der Waals surface area contributed by atoms with E-state index in [1.807, 2.05) is 24.1 Å². The monoisotopic (exact) mass is 532 g/mol.